The zero-order valence-corrected chi connectivity index (χ0v) is 8.83. The molecule has 0 saturated heterocycles. The second kappa shape index (κ2) is 4.94. The summed E-state index contributed by atoms with van der Waals surface area (Å²) in [5.41, 5.74) is -0.483. The van der Waals surface area contributed by atoms with E-state index >= 15 is 0 Å². The molecule has 0 fully saturated rings. The van der Waals surface area contributed by atoms with E-state index in [-0.39, 0.29) is 0 Å². The van der Waals surface area contributed by atoms with Gasteiger partial charge in [0.1, 0.15) is 5.75 Å². The Morgan fingerprint density at radius 1 is 1.00 bits per heavy atom. The first-order valence-corrected chi connectivity index (χ1v) is 4.56. The number of hydrogen-bond donors (Lipinski definition) is 0. The molecule has 4 nitrogen and oxygen atoms in total. The van der Waals surface area contributed by atoms with Crippen molar-refractivity contribution in [2.24, 2.45) is 0 Å². The van der Waals surface area contributed by atoms with Crippen LogP contribution in [0.4, 0.5) is 32.0 Å². The standard InChI is InChI=1S/C9H5F6NO3/c10-8(11,12)7(9(13,14)15)19-6-3-1-5(2-4-6)16(17)18/h1-4,7H. The van der Waals surface area contributed by atoms with Crippen LogP contribution in [0.2, 0.25) is 0 Å². The maximum absolute atomic E-state index is 12.2. The molecule has 0 aromatic heterocycles. The van der Waals surface area contributed by atoms with E-state index in [0.29, 0.717) is 12.1 Å². The molecule has 1 aromatic rings. The van der Waals surface area contributed by atoms with Crippen molar-refractivity contribution in [2.75, 3.05) is 0 Å². The number of hydrogen-bond acceptors (Lipinski definition) is 3. The number of nitro groups is 1. The normalized spacial score (nSPS) is 12.6. The van der Waals surface area contributed by atoms with E-state index in [1.807, 2.05) is 0 Å². The van der Waals surface area contributed by atoms with Crippen molar-refractivity contribution >= 4 is 5.69 Å². The fourth-order valence-electron chi connectivity index (χ4n) is 1.10. The van der Waals surface area contributed by atoms with Gasteiger partial charge in [-0.2, -0.15) is 26.3 Å². The Balaban J connectivity index is 2.95. The summed E-state index contributed by atoms with van der Waals surface area (Å²) in [6.07, 6.45) is -15.3. The summed E-state index contributed by atoms with van der Waals surface area (Å²) < 4.78 is 76.7. The molecule has 1 rings (SSSR count). The molecular weight excluding hydrogens is 284 g/mol. The Hall–Kier alpha value is -2.00. The first kappa shape index (κ1) is 15.1. The quantitative estimate of drug-likeness (QED) is 0.486. The van der Waals surface area contributed by atoms with Crippen molar-refractivity contribution in [1.82, 2.24) is 0 Å². The van der Waals surface area contributed by atoms with Gasteiger partial charge < -0.3 is 4.74 Å². The zero-order valence-electron chi connectivity index (χ0n) is 8.83. The van der Waals surface area contributed by atoms with E-state index in [9.17, 15) is 36.5 Å². The number of alkyl halides is 6. The zero-order chi connectivity index (χ0) is 14.8. The molecule has 0 N–H and O–H groups in total. The van der Waals surface area contributed by atoms with Gasteiger partial charge in [0.25, 0.3) is 11.8 Å². The molecule has 0 bridgehead atoms. The highest BCUT2D eigenvalue weighted by atomic mass is 19.4. The average Bonchev–Trinajstić information content (AvgIpc) is 2.23. The molecule has 0 aliphatic carbocycles. The van der Waals surface area contributed by atoms with Crippen LogP contribution in [0.3, 0.4) is 0 Å². The van der Waals surface area contributed by atoms with Gasteiger partial charge in [0, 0.05) is 12.1 Å². The molecule has 106 valence electrons. The molecule has 0 aliphatic rings. The molecule has 10 heteroatoms. The molecule has 0 unspecified atom stereocenters. The Kier molecular flexibility index (Phi) is 3.91. The summed E-state index contributed by atoms with van der Waals surface area (Å²) in [4.78, 5) is 9.41. The average molecular weight is 289 g/mol. The predicted molar refractivity (Wildman–Crippen MR) is 49.6 cm³/mol. The minimum atomic E-state index is -5.64. The number of ether oxygens (including phenoxy) is 1. The summed E-state index contributed by atoms with van der Waals surface area (Å²) in [5.74, 6) is -0.773. The van der Waals surface area contributed by atoms with Crippen molar-refractivity contribution in [2.45, 2.75) is 18.5 Å². The molecule has 0 saturated carbocycles. The fraction of sp³-hybridized carbons (Fsp3) is 0.333. The first-order valence-electron chi connectivity index (χ1n) is 4.56. The highest BCUT2D eigenvalue weighted by molar-refractivity contribution is 5.36. The summed E-state index contributed by atoms with van der Waals surface area (Å²) in [6.45, 7) is 0. The Bertz CT molecular complexity index is 439. The van der Waals surface area contributed by atoms with Crippen LogP contribution < -0.4 is 4.74 Å². The van der Waals surface area contributed by atoms with Crippen LogP contribution >= 0.6 is 0 Å². The molecule has 0 atom stereocenters. The Labute approximate surface area is 101 Å². The van der Waals surface area contributed by atoms with E-state index < -0.39 is 34.8 Å². The number of nitrogens with zero attached hydrogens (tertiary/aromatic N) is 1. The fourth-order valence-corrected chi connectivity index (χ4v) is 1.10. The Morgan fingerprint density at radius 2 is 1.42 bits per heavy atom. The minimum absolute atomic E-state index is 0.483. The van der Waals surface area contributed by atoms with E-state index in [1.54, 1.807) is 0 Å². The number of benzene rings is 1. The lowest BCUT2D eigenvalue weighted by atomic mass is 10.3. The van der Waals surface area contributed by atoms with Crippen molar-refractivity contribution < 1.29 is 36.0 Å². The van der Waals surface area contributed by atoms with Crippen molar-refractivity contribution in [3.05, 3.63) is 34.4 Å². The number of non-ortho nitro benzene ring substituents is 1. The lowest BCUT2D eigenvalue weighted by molar-refractivity contribution is -0.384. The SMILES string of the molecule is O=[N+]([O-])c1ccc(OC(C(F)(F)F)C(F)(F)F)cc1. The molecular formula is C9H5F6NO3. The van der Waals surface area contributed by atoms with E-state index in [0.717, 1.165) is 12.1 Å². The van der Waals surface area contributed by atoms with Crippen molar-refractivity contribution in [1.29, 1.82) is 0 Å². The maximum Gasteiger partial charge on any atom is 0.434 e. The summed E-state index contributed by atoms with van der Waals surface area (Å²) in [7, 11) is 0. The minimum Gasteiger partial charge on any atom is -0.471 e. The van der Waals surface area contributed by atoms with Crippen LogP contribution in [0.15, 0.2) is 24.3 Å². The lowest BCUT2D eigenvalue weighted by Gasteiger charge is -2.23. The van der Waals surface area contributed by atoms with Crippen molar-refractivity contribution in [3.8, 4) is 5.75 Å². The number of halogens is 6. The molecule has 1 aromatic carbocycles. The summed E-state index contributed by atoms with van der Waals surface area (Å²) in [6, 6.07) is 2.78. The highest BCUT2D eigenvalue weighted by Crippen LogP contribution is 2.36. The van der Waals surface area contributed by atoms with Crippen LogP contribution in [-0.2, 0) is 0 Å². The van der Waals surface area contributed by atoms with Gasteiger partial charge in [-0.3, -0.25) is 10.1 Å². The smallest absolute Gasteiger partial charge is 0.434 e. The Morgan fingerprint density at radius 3 is 1.74 bits per heavy atom. The van der Waals surface area contributed by atoms with E-state index in [1.165, 1.54) is 0 Å². The molecule has 0 radical (unpaired) electrons. The third-order valence-electron chi connectivity index (χ3n) is 1.90. The monoisotopic (exact) mass is 289 g/mol. The van der Waals surface area contributed by atoms with Crippen LogP contribution in [0.5, 0.6) is 5.75 Å². The lowest BCUT2D eigenvalue weighted by Crippen LogP contribution is -2.46. The summed E-state index contributed by atoms with van der Waals surface area (Å²) in [5, 5.41) is 10.3. The predicted octanol–water partition coefficient (Wildman–Crippen LogP) is 3.47. The second-order valence-electron chi connectivity index (χ2n) is 3.33. The topological polar surface area (TPSA) is 52.4 Å². The van der Waals surface area contributed by atoms with Crippen molar-refractivity contribution in [3.63, 3.8) is 0 Å². The van der Waals surface area contributed by atoms with Gasteiger partial charge in [-0.25, -0.2) is 0 Å². The van der Waals surface area contributed by atoms with Gasteiger partial charge in [0.15, 0.2) is 0 Å². The molecule has 0 heterocycles. The van der Waals surface area contributed by atoms with Crippen LogP contribution in [0.25, 0.3) is 0 Å². The number of rotatable bonds is 3. The van der Waals surface area contributed by atoms with Gasteiger partial charge in [-0.1, -0.05) is 0 Å². The highest BCUT2D eigenvalue weighted by Gasteiger charge is 2.59. The van der Waals surface area contributed by atoms with Gasteiger partial charge in [0.05, 0.1) is 4.92 Å². The largest absolute Gasteiger partial charge is 0.471 e. The first-order chi connectivity index (χ1) is 8.51. The van der Waals surface area contributed by atoms with Gasteiger partial charge in [-0.15, -0.1) is 0 Å². The molecule has 0 aliphatic heterocycles. The summed E-state index contributed by atoms with van der Waals surface area (Å²) >= 11 is 0. The van der Waals surface area contributed by atoms with Crippen LogP contribution in [0.1, 0.15) is 0 Å². The molecule has 19 heavy (non-hydrogen) atoms. The maximum atomic E-state index is 12.2. The van der Waals surface area contributed by atoms with Gasteiger partial charge in [-0.05, 0) is 12.1 Å². The number of nitro benzene ring substituents is 1. The van der Waals surface area contributed by atoms with Crippen LogP contribution in [-0.4, -0.2) is 23.4 Å². The third-order valence-corrected chi connectivity index (χ3v) is 1.90. The van der Waals surface area contributed by atoms with E-state index in [4.69, 9.17) is 0 Å². The molecule has 0 spiro atoms. The second-order valence-corrected chi connectivity index (χ2v) is 3.33. The van der Waals surface area contributed by atoms with Crippen LogP contribution in [0, 0.1) is 10.1 Å². The third kappa shape index (κ3) is 4.00. The van der Waals surface area contributed by atoms with E-state index in [2.05, 4.69) is 4.74 Å². The van der Waals surface area contributed by atoms with Gasteiger partial charge >= 0.3 is 12.4 Å². The molecule has 0 amide bonds. The van der Waals surface area contributed by atoms with Gasteiger partial charge in [0.2, 0.25) is 0 Å².